The van der Waals surface area contributed by atoms with E-state index in [2.05, 4.69) is 5.32 Å². The number of carbonyl (C=O) groups excluding carboxylic acids is 1. The summed E-state index contributed by atoms with van der Waals surface area (Å²) in [6, 6.07) is 11.9. The van der Waals surface area contributed by atoms with Crippen molar-refractivity contribution in [1.29, 1.82) is 0 Å². The summed E-state index contributed by atoms with van der Waals surface area (Å²) in [4.78, 5) is 12.0. The summed E-state index contributed by atoms with van der Waals surface area (Å²) in [6.45, 7) is 0.141. The minimum Gasteiger partial charge on any atom is -0.424 e. The summed E-state index contributed by atoms with van der Waals surface area (Å²) in [5.41, 5.74) is 0.939. The van der Waals surface area contributed by atoms with Crippen molar-refractivity contribution >= 4 is 17.6 Å². The Morgan fingerprint density at radius 1 is 1.08 bits per heavy atom. The van der Waals surface area contributed by atoms with Crippen LogP contribution in [0, 0.1) is 0 Å². The van der Waals surface area contributed by atoms with Crippen LogP contribution in [0.15, 0.2) is 48.5 Å². The molecule has 0 aliphatic carbocycles. The molecule has 1 aliphatic rings. The third-order valence-corrected chi connectivity index (χ3v) is 3.84. The quantitative estimate of drug-likeness (QED) is 0.838. The van der Waals surface area contributed by atoms with Gasteiger partial charge >= 0.3 is 18.1 Å². The van der Waals surface area contributed by atoms with E-state index in [4.69, 9.17) is 21.1 Å². The second-order valence-electron chi connectivity index (χ2n) is 5.53. The maximum atomic E-state index is 13.5. The number of ether oxygens (including phenoxy) is 2. The van der Waals surface area contributed by atoms with Crippen LogP contribution in [0.4, 0.5) is 18.0 Å². The number of nitrogens with one attached hydrogen (secondary N) is 2. The van der Waals surface area contributed by atoms with E-state index in [1.807, 2.05) is 30.3 Å². The van der Waals surface area contributed by atoms with E-state index in [9.17, 15) is 18.0 Å². The molecule has 9 heteroatoms. The van der Waals surface area contributed by atoms with Crippen molar-refractivity contribution in [3.63, 3.8) is 0 Å². The fourth-order valence-electron chi connectivity index (χ4n) is 2.37. The van der Waals surface area contributed by atoms with Crippen LogP contribution < -0.4 is 20.1 Å². The maximum Gasteiger partial charge on any atom is 0.492 e. The van der Waals surface area contributed by atoms with Gasteiger partial charge in [-0.1, -0.05) is 41.9 Å². The molecule has 0 spiro atoms. The van der Waals surface area contributed by atoms with Gasteiger partial charge < -0.3 is 14.8 Å². The molecule has 2 amide bonds. The third-order valence-electron chi connectivity index (χ3n) is 3.61. The van der Waals surface area contributed by atoms with E-state index in [0.29, 0.717) is 6.42 Å². The van der Waals surface area contributed by atoms with E-state index in [1.165, 1.54) is 18.2 Å². The highest BCUT2D eigenvalue weighted by Crippen LogP contribution is 2.45. The first-order valence-electron chi connectivity index (χ1n) is 7.63. The average Bonchev–Trinajstić information content (AvgIpc) is 2.94. The fraction of sp³-hybridized carbons (Fsp3) is 0.235. The normalized spacial score (nSPS) is 18.5. The van der Waals surface area contributed by atoms with Crippen LogP contribution in [0.5, 0.6) is 11.5 Å². The summed E-state index contributed by atoms with van der Waals surface area (Å²) in [5.74, 6) is -3.69. The monoisotopic (exact) mass is 386 g/mol. The zero-order valence-electron chi connectivity index (χ0n) is 13.3. The van der Waals surface area contributed by atoms with Crippen LogP contribution in [0.2, 0.25) is 5.02 Å². The molecule has 138 valence electrons. The lowest BCUT2D eigenvalue weighted by Gasteiger charge is -2.29. The highest BCUT2D eigenvalue weighted by atomic mass is 35.5. The van der Waals surface area contributed by atoms with Crippen LogP contribution >= 0.6 is 11.6 Å². The minimum atomic E-state index is -5.02. The Morgan fingerprint density at radius 2 is 1.77 bits per heavy atom. The number of hydrogen-bond acceptors (Lipinski definition) is 3. The predicted octanol–water partition coefficient (Wildman–Crippen LogP) is 3.87. The number of carbonyl (C=O) groups is 1. The average molecular weight is 387 g/mol. The Labute approximate surface area is 152 Å². The van der Waals surface area contributed by atoms with Crippen LogP contribution in [-0.2, 0) is 6.42 Å². The van der Waals surface area contributed by atoms with Crippen molar-refractivity contribution in [2.75, 3.05) is 6.54 Å². The van der Waals surface area contributed by atoms with Crippen molar-refractivity contribution in [3.8, 4) is 11.5 Å². The molecule has 2 N–H and O–H groups in total. The Kier molecular flexibility index (Phi) is 4.86. The molecule has 26 heavy (non-hydrogen) atoms. The van der Waals surface area contributed by atoms with Crippen molar-refractivity contribution in [2.24, 2.45) is 0 Å². The Morgan fingerprint density at radius 3 is 2.46 bits per heavy atom. The topological polar surface area (TPSA) is 59.6 Å². The first-order valence-corrected chi connectivity index (χ1v) is 8.01. The molecular formula is C17H14ClF3N2O3. The molecule has 1 atom stereocenters. The van der Waals surface area contributed by atoms with Crippen LogP contribution in [0.25, 0.3) is 0 Å². The van der Waals surface area contributed by atoms with Gasteiger partial charge in [0, 0.05) is 17.6 Å². The number of benzene rings is 2. The molecule has 0 radical (unpaired) electrons. The number of halogens is 4. The van der Waals surface area contributed by atoms with E-state index in [-0.39, 0.29) is 23.1 Å². The van der Waals surface area contributed by atoms with Gasteiger partial charge in [-0.3, -0.25) is 5.32 Å². The molecule has 1 unspecified atom stereocenters. The van der Waals surface area contributed by atoms with E-state index >= 15 is 0 Å². The summed E-state index contributed by atoms with van der Waals surface area (Å²) in [7, 11) is 0. The number of alkyl halides is 3. The molecule has 0 saturated heterocycles. The first-order chi connectivity index (χ1) is 12.3. The molecular weight excluding hydrogens is 373 g/mol. The van der Waals surface area contributed by atoms with Crippen molar-refractivity contribution < 1.29 is 27.4 Å². The van der Waals surface area contributed by atoms with Gasteiger partial charge in [0.15, 0.2) is 11.5 Å². The Balaban J connectivity index is 1.65. The zero-order valence-corrected chi connectivity index (χ0v) is 14.0. The predicted molar refractivity (Wildman–Crippen MR) is 88.2 cm³/mol. The van der Waals surface area contributed by atoms with Gasteiger partial charge in [0.25, 0.3) is 0 Å². The Hall–Kier alpha value is -2.61. The maximum absolute atomic E-state index is 13.5. The van der Waals surface area contributed by atoms with Crippen molar-refractivity contribution in [3.05, 3.63) is 59.1 Å². The van der Waals surface area contributed by atoms with E-state index in [0.717, 1.165) is 5.56 Å². The van der Waals surface area contributed by atoms with Gasteiger partial charge in [-0.25, -0.2) is 4.79 Å². The van der Waals surface area contributed by atoms with E-state index < -0.39 is 18.1 Å². The molecule has 2 aromatic carbocycles. The smallest absolute Gasteiger partial charge is 0.424 e. The standard InChI is InChI=1S/C17H14ClF3N2O3/c18-12-6-7-13-14(10-12)26-17(25-13,16(19,20)21)23-15(24)22-9-8-11-4-2-1-3-5-11/h1-7,10H,8-9H2,(H2,22,23,24). The number of hydrogen-bond donors (Lipinski definition) is 2. The van der Waals surface area contributed by atoms with Crippen molar-refractivity contribution in [1.82, 2.24) is 10.6 Å². The highest BCUT2D eigenvalue weighted by molar-refractivity contribution is 6.30. The zero-order chi connectivity index (χ0) is 18.8. The number of fused-ring (bicyclic) bond motifs is 1. The molecule has 0 fully saturated rings. The second kappa shape index (κ2) is 6.95. The Bertz CT molecular complexity index is 802. The largest absolute Gasteiger partial charge is 0.492 e. The SMILES string of the molecule is O=C(NCCc1ccccc1)NC1(C(F)(F)F)Oc2ccc(Cl)cc2O1. The molecule has 3 rings (SSSR count). The summed E-state index contributed by atoms with van der Waals surface area (Å²) >= 11 is 5.75. The fourth-order valence-corrected chi connectivity index (χ4v) is 2.53. The molecule has 2 aromatic rings. The van der Waals surface area contributed by atoms with Gasteiger partial charge in [-0.15, -0.1) is 0 Å². The highest BCUT2D eigenvalue weighted by Gasteiger charge is 2.65. The van der Waals surface area contributed by atoms with E-state index in [1.54, 1.807) is 5.32 Å². The van der Waals surface area contributed by atoms with Crippen LogP contribution in [0.1, 0.15) is 5.56 Å². The number of amides is 2. The van der Waals surface area contributed by atoms with Gasteiger partial charge in [0.05, 0.1) is 0 Å². The van der Waals surface area contributed by atoms with Gasteiger partial charge in [-0.05, 0) is 24.1 Å². The van der Waals surface area contributed by atoms with Gasteiger partial charge in [0.1, 0.15) is 0 Å². The molecule has 1 heterocycles. The minimum absolute atomic E-state index is 0.141. The summed E-state index contributed by atoms with van der Waals surface area (Å²) < 4.78 is 50.3. The number of urea groups is 1. The second-order valence-corrected chi connectivity index (χ2v) is 5.96. The van der Waals surface area contributed by atoms with Crippen molar-refractivity contribution in [2.45, 2.75) is 18.5 Å². The molecule has 0 bridgehead atoms. The summed E-state index contributed by atoms with van der Waals surface area (Å²) in [6.07, 6.45) is -4.56. The molecule has 0 saturated carbocycles. The van der Waals surface area contributed by atoms with Gasteiger partial charge in [-0.2, -0.15) is 13.2 Å². The third kappa shape index (κ3) is 3.80. The lowest BCUT2D eigenvalue weighted by Crippen LogP contribution is -2.66. The molecule has 5 nitrogen and oxygen atoms in total. The van der Waals surface area contributed by atoms with Gasteiger partial charge in [0.2, 0.25) is 0 Å². The lowest BCUT2D eigenvalue weighted by molar-refractivity contribution is -0.317. The lowest BCUT2D eigenvalue weighted by atomic mass is 10.1. The molecule has 1 aliphatic heterocycles. The molecule has 0 aromatic heterocycles. The first kappa shape index (κ1) is 18.2. The summed E-state index contributed by atoms with van der Waals surface area (Å²) in [5, 5.41) is 4.26. The van der Waals surface area contributed by atoms with Crippen LogP contribution in [0.3, 0.4) is 0 Å². The van der Waals surface area contributed by atoms with Crippen LogP contribution in [-0.4, -0.2) is 24.7 Å². The number of rotatable bonds is 4.